The number of rotatable bonds is 55. The zero-order valence-electron chi connectivity index (χ0n) is 45.6. The van der Waals surface area contributed by atoms with Gasteiger partial charge in [0.05, 0.1) is 0 Å². The maximum absolute atomic E-state index is 12.8. The maximum Gasteiger partial charge on any atom is 0.306 e. The van der Waals surface area contributed by atoms with Crippen LogP contribution in [-0.4, -0.2) is 37.2 Å². The molecule has 0 fully saturated rings. The van der Waals surface area contributed by atoms with Gasteiger partial charge in [0.15, 0.2) is 6.10 Å². The summed E-state index contributed by atoms with van der Waals surface area (Å²) in [5.41, 5.74) is 0. The van der Waals surface area contributed by atoms with Gasteiger partial charge in [-0.1, -0.05) is 288 Å². The van der Waals surface area contributed by atoms with Crippen molar-refractivity contribution in [2.24, 2.45) is 0 Å². The normalized spacial score (nSPS) is 12.2. The molecule has 0 radical (unpaired) electrons. The van der Waals surface area contributed by atoms with E-state index in [0.717, 1.165) is 89.9 Å². The molecule has 398 valence electrons. The highest BCUT2D eigenvalue weighted by atomic mass is 16.6. The SMILES string of the molecule is CC/C=C\C/C=C\C/C=C\CCCCCCCCCC(=O)OC(COC(=O)CCCCCCC)COC(=O)CCCCCCCCCCCCCCCCCCCCCCCCCCCCCC. The molecule has 0 spiro atoms. The first-order valence-corrected chi connectivity index (χ1v) is 30.0. The molecule has 0 rings (SSSR count). The van der Waals surface area contributed by atoms with Gasteiger partial charge in [0.1, 0.15) is 13.2 Å². The molecule has 0 aliphatic heterocycles. The summed E-state index contributed by atoms with van der Waals surface area (Å²) in [7, 11) is 0. The second-order valence-corrected chi connectivity index (χ2v) is 20.2. The number of hydrogen-bond donors (Lipinski definition) is 0. The molecule has 6 nitrogen and oxygen atoms in total. The zero-order valence-corrected chi connectivity index (χ0v) is 45.6. The molecular formula is C62H114O6. The first kappa shape index (κ1) is 65.6. The fourth-order valence-corrected chi connectivity index (χ4v) is 8.93. The monoisotopic (exact) mass is 955 g/mol. The largest absolute Gasteiger partial charge is 0.462 e. The third-order valence-corrected chi connectivity index (χ3v) is 13.4. The fourth-order valence-electron chi connectivity index (χ4n) is 8.93. The Balaban J connectivity index is 3.96. The van der Waals surface area contributed by atoms with Crippen molar-refractivity contribution >= 4 is 17.9 Å². The van der Waals surface area contributed by atoms with E-state index in [1.165, 1.54) is 193 Å². The standard InChI is InChI=1S/C62H114O6/c1-4-7-10-13-15-17-19-21-23-25-26-27-28-29-30-31-32-33-34-35-37-38-40-42-44-46-49-52-55-61(64)67-58-59(57-66-60(63)54-51-48-12-9-6-3)68-62(65)56-53-50-47-45-43-41-39-36-24-22-20-18-16-14-11-8-5-2/h8,11,16,18,22,24,59H,4-7,9-10,12-15,17,19-21,23,25-58H2,1-3H3/b11-8-,18-16-,24-22-. The van der Waals surface area contributed by atoms with Crippen molar-refractivity contribution < 1.29 is 28.6 Å². The minimum atomic E-state index is -0.771. The van der Waals surface area contributed by atoms with Crippen molar-refractivity contribution in [1.82, 2.24) is 0 Å². The van der Waals surface area contributed by atoms with Crippen LogP contribution in [0, 0.1) is 0 Å². The van der Waals surface area contributed by atoms with Crippen molar-refractivity contribution in [1.29, 1.82) is 0 Å². The quantitative estimate of drug-likeness (QED) is 0.0262. The van der Waals surface area contributed by atoms with Crippen LogP contribution in [0.2, 0.25) is 0 Å². The molecular weight excluding hydrogens is 841 g/mol. The third-order valence-electron chi connectivity index (χ3n) is 13.4. The van der Waals surface area contributed by atoms with Crippen LogP contribution in [0.3, 0.4) is 0 Å². The smallest absolute Gasteiger partial charge is 0.306 e. The van der Waals surface area contributed by atoms with E-state index in [1.807, 2.05) is 0 Å². The Bertz CT molecular complexity index is 1140. The van der Waals surface area contributed by atoms with E-state index in [0.29, 0.717) is 19.3 Å². The third kappa shape index (κ3) is 54.6. The van der Waals surface area contributed by atoms with Crippen LogP contribution in [0.25, 0.3) is 0 Å². The molecule has 0 heterocycles. The first-order chi connectivity index (χ1) is 33.5. The molecule has 0 aliphatic rings. The predicted octanol–water partition coefficient (Wildman–Crippen LogP) is 20.0. The van der Waals surface area contributed by atoms with Crippen molar-refractivity contribution in [2.75, 3.05) is 13.2 Å². The Morgan fingerprint density at radius 2 is 0.574 bits per heavy atom. The van der Waals surface area contributed by atoms with Gasteiger partial charge >= 0.3 is 17.9 Å². The molecule has 68 heavy (non-hydrogen) atoms. The molecule has 1 unspecified atom stereocenters. The van der Waals surface area contributed by atoms with Crippen LogP contribution in [0.1, 0.15) is 323 Å². The molecule has 0 N–H and O–H groups in total. The highest BCUT2D eigenvalue weighted by Gasteiger charge is 2.19. The lowest BCUT2D eigenvalue weighted by atomic mass is 10.0. The van der Waals surface area contributed by atoms with Crippen molar-refractivity contribution in [3.8, 4) is 0 Å². The van der Waals surface area contributed by atoms with E-state index in [4.69, 9.17) is 14.2 Å². The topological polar surface area (TPSA) is 78.9 Å². The lowest BCUT2D eigenvalue weighted by molar-refractivity contribution is -0.167. The molecule has 0 bridgehead atoms. The average Bonchev–Trinajstić information content (AvgIpc) is 3.34. The second kappa shape index (κ2) is 57.2. The van der Waals surface area contributed by atoms with Crippen LogP contribution in [0.15, 0.2) is 36.5 Å². The minimum absolute atomic E-state index is 0.0730. The maximum atomic E-state index is 12.8. The summed E-state index contributed by atoms with van der Waals surface area (Å²) in [6, 6.07) is 0. The van der Waals surface area contributed by atoms with Gasteiger partial charge in [-0.05, 0) is 51.4 Å². The lowest BCUT2D eigenvalue weighted by Gasteiger charge is -2.18. The van der Waals surface area contributed by atoms with E-state index in [-0.39, 0.29) is 31.1 Å². The number of esters is 3. The first-order valence-electron chi connectivity index (χ1n) is 30.0. The summed E-state index contributed by atoms with van der Waals surface area (Å²) in [4.78, 5) is 37.8. The molecule has 6 heteroatoms. The highest BCUT2D eigenvalue weighted by molar-refractivity contribution is 5.71. The van der Waals surface area contributed by atoms with Gasteiger partial charge in [0.25, 0.3) is 0 Å². The van der Waals surface area contributed by atoms with Gasteiger partial charge in [-0.15, -0.1) is 0 Å². The van der Waals surface area contributed by atoms with Gasteiger partial charge in [-0.3, -0.25) is 14.4 Å². The number of ether oxygens (including phenoxy) is 3. The number of hydrogen-bond acceptors (Lipinski definition) is 6. The minimum Gasteiger partial charge on any atom is -0.462 e. The Morgan fingerprint density at radius 3 is 0.897 bits per heavy atom. The number of unbranched alkanes of at least 4 members (excludes halogenated alkanes) is 38. The van der Waals surface area contributed by atoms with E-state index in [9.17, 15) is 14.4 Å². The summed E-state index contributed by atoms with van der Waals surface area (Å²) >= 11 is 0. The van der Waals surface area contributed by atoms with Crippen molar-refractivity contribution in [2.45, 2.75) is 329 Å². The Kier molecular flexibility index (Phi) is 55.2. The lowest BCUT2D eigenvalue weighted by Crippen LogP contribution is -2.30. The van der Waals surface area contributed by atoms with Gasteiger partial charge in [-0.2, -0.15) is 0 Å². The Morgan fingerprint density at radius 1 is 0.309 bits per heavy atom. The van der Waals surface area contributed by atoms with Crippen LogP contribution >= 0.6 is 0 Å². The number of carbonyl (C=O) groups is 3. The van der Waals surface area contributed by atoms with Crippen LogP contribution in [0.5, 0.6) is 0 Å². The predicted molar refractivity (Wildman–Crippen MR) is 293 cm³/mol. The summed E-state index contributed by atoms with van der Waals surface area (Å²) in [6.07, 6.45) is 69.2. The van der Waals surface area contributed by atoms with Crippen molar-refractivity contribution in [3.05, 3.63) is 36.5 Å². The van der Waals surface area contributed by atoms with E-state index in [1.54, 1.807) is 0 Å². The van der Waals surface area contributed by atoms with Crippen LogP contribution in [0.4, 0.5) is 0 Å². The second-order valence-electron chi connectivity index (χ2n) is 20.2. The summed E-state index contributed by atoms with van der Waals surface area (Å²) in [5, 5.41) is 0. The average molecular weight is 956 g/mol. The van der Waals surface area contributed by atoms with Crippen molar-refractivity contribution in [3.63, 3.8) is 0 Å². The Hall–Kier alpha value is -2.37. The summed E-state index contributed by atoms with van der Waals surface area (Å²) in [6.45, 7) is 6.48. The molecule has 0 aromatic carbocycles. The zero-order chi connectivity index (χ0) is 49.3. The van der Waals surface area contributed by atoms with E-state index < -0.39 is 6.10 Å². The van der Waals surface area contributed by atoms with Gasteiger partial charge < -0.3 is 14.2 Å². The fraction of sp³-hybridized carbons (Fsp3) is 0.855. The van der Waals surface area contributed by atoms with E-state index >= 15 is 0 Å². The van der Waals surface area contributed by atoms with Crippen LogP contribution < -0.4 is 0 Å². The molecule has 1 atom stereocenters. The highest BCUT2D eigenvalue weighted by Crippen LogP contribution is 2.18. The van der Waals surface area contributed by atoms with Crippen LogP contribution in [-0.2, 0) is 28.6 Å². The van der Waals surface area contributed by atoms with Gasteiger partial charge in [0.2, 0.25) is 0 Å². The molecule has 0 aromatic heterocycles. The van der Waals surface area contributed by atoms with E-state index in [2.05, 4.69) is 57.2 Å². The molecule has 0 saturated heterocycles. The molecule has 0 aliphatic carbocycles. The Labute approximate surface area is 423 Å². The summed E-state index contributed by atoms with van der Waals surface area (Å²) < 4.78 is 16.7. The molecule has 0 aromatic rings. The molecule has 0 amide bonds. The number of carbonyl (C=O) groups excluding carboxylic acids is 3. The molecule has 0 saturated carbocycles. The van der Waals surface area contributed by atoms with Gasteiger partial charge in [-0.25, -0.2) is 0 Å². The number of allylic oxidation sites excluding steroid dienone is 6. The summed E-state index contributed by atoms with van der Waals surface area (Å²) in [5.74, 6) is -0.882. The van der Waals surface area contributed by atoms with Gasteiger partial charge in [0, 0.05) is 19.3 Å².